The van der Waals surface area contributed by atoms with Gasteiger partial charge in [0.05, 0.1) is 13.2 Å². The molecule has 10 heteroatoms. The van der Waals surface area contributed by atoms with Crippen molar-refractivity contribution in [2.75, 3.05) is 67.2 Å². The average molecular weight is 395 g/mol. The van der Waals surface area contributed by atoms with E-state index in [-0.39, 0.29) is 0 Å². The van der Waals surface area contributed by atoms with Crippen LogP contribution in [-0.4, -0.2) is 82.0 Å². The van der Waals surface area contributed by atoms with E-state index >= 15 is 0 Å². The lowest BCUT2D eigenvalue weighted by atomic mass is 10.3. The smallest absolute Gasteiger partial charge is 0.227 e. The van der Waals surface area contributed by atoms with Gasteiger partial charge in [-0.3, -0.25) is 4.40 Å². The van der Waals surface area contributed by atoms with Gasteiger partial charge >= 0.3 is 0 Å². The first kappa shape index (κ1) is 18.0. The molecule has 0 unspecified atom stereocenters. The third kappa shape index (κ3) is 3.44. The number of aryl methyl sites for hydroxylation is 2. The van der Waals surface area contributed by atoms with Gasteiger partial charge in [0.2, 0.25) is 11.6 Å². The molecule has 0 aromatic carbocycles. The number of hydrogen-bond acceptors (Lipinski definition) is 9. The number of aromatic nitrogens is 6. The molecule has 2 aliphatic heterocycles. The summed E-state index contributed by atoms with van der Waals surface area (Å²) in [6.07, 6.45) is 3.71. The van der Waals surface area contributed by atoms with E-state index in [2.05, 4.69) is 35.9 Å². The molecule has 2 saturated heterocycles. The van der Waals surface area contributed by atoms with E-state index < -0.39 is 0 Å². The Balaban J connectivity index is 1.33. The van der Waals surface area contributed by atoms with Gasteiger partial charge in [0, 0.05) is 63.4 Å². The highest BCUT2D eigenvalue weighted by Gasteiger charge is 2.24. The van der Waals surface area contributed by atoms with Crippen LogP contribution >= 0.6 is 0 Å². The Morgan fingerprint density at radius 1 is 0.862 bits per heavy atom. The minimum absolute atomic E-state index is 0.748. The van der Waals surface area contributed by atoms with Gasteiger partial charge in [-0.15, -0.1) is 10.2 Å². The largest absolute Gasteiger partial charge is 0.378 e. The maximum Gasteiger partial charge on any atom is 0.227 e. The van der Waals surface area contributed by atoms with E-state index in [0.717, 1.165) is 87.2 Å². The molecule has 0 radical (unpaired) electrons. The predicted molar refractivity (Wildman–Crippen MR) is 110 cm³/mol. The van der Waals surface area contributed by atoms with E-state index in [1.807, 2.05) is 30.6 Å². The Kier molecular flexibility index (Phi) is 4.62. The van der Waals surface area contributed by atoms with E-state index in [1.165, 1.54) is 0 Å². The summed E-state index contributed by atoms with van der Waals surface area (Å²) >= 11 is 0. The van der Waals surface area contributed by atoms with Crippen LogP contribution in [0, 0.1) is 13.8 Å². The molecule has 10 nitrogen and oxygen atoms in total. The second kappa shape index (κ2) is 7.43. The normalized spacial score (nSPS) is 17.9. The van der Waals surface area contributed by atoms with Crippen LogP contribution in [0.25, 0.3) is 5.65 Å². The molecule has 5 rings (SSSR count). The molecule has 2 aliphatic rings. The molecule has 0 amide bonds. The van der Waals surface area contributed by atoms with Gasteiger partial charge in [0.1, 0.15) is 11.6 Å². The van der Waals surface area contributed by atoms with E-state index in [0.29, 0.717) is 0 Å². The average Bonchev–Trinajstić information content (AvgIpc) is 3.15. The van der Waals surface area contributed by atoms with Crippen LogP contribution in [0.2, 0.25) is 0 Å². The fraction of sp³-hybridized carbons (Fsp3) is 0.526. The van der Waals surface area contributed by atoms with Crippen LogP contribution in [0.1, 0.15) is 11.5 Å². The van der Waals surface area contributed by atoms with E-state index in [4.69, 9.17) is 14.7 Å². The van der Waals surface area contributed by atoms with Gasteiger partial charge in [-0.05, 0) is 13.8 Å². The molecule has 5 heterocycles. The van der Waals surface area contributed by atoms with Crippen LogP contribution < -0.4 is 14.7 Å². The van der Waals surface area contributed by atoms with Crippen LogP contribution in [0.3, 0.4) is 0 Å². The van der Waals surface area contributed by atoms with Crippen molar-refractivity contribution < 1.29 is 4.74 Å². The van der Waals surface area contributed by atoms with Crippen LogP contribution in [-0.2, 0) is 4.74 Å². The molecule has 29 heavy (non-hydrogen) atoms. The standard InChI is InChI=1S/C19H25N9O/c1-14-13-16(25-9-11-29-12-10-25)22-19(21-14)27-7-5-26(6-8-27)17-18-24-23-15(2)28(18)4-3-20-17/h3-4,13H,5-12H2,1-2H3. The summed E-state index contributed by atoms with van der Waals surface area (Å²) in [6, 6.07) is 2.06. The Morgan fingerprint density at radius 2 is 1.62 bits per heavy atom. The van der Waals surface area contributed by atoms with Gasteiger partial charge in [0.25, 0.3) is 0 Å². The lowest BCUT2D eigenvalue weighted by molar-refractivity contribution is 0.122. The second-order valence-corrected chi connectivity index (χ2v) is 7.43. The van der Waals surface area contributed by atoms with Crippen molar-refractivity contribution in [1.82, 2.24) is 29.5 Å². The molecule has 3 aromatic rings. The number of morpholine rings is 1. The molecular formula is C19H25N9O. The molecule has 0 N–H and O–H groups in total. The first-order valence-corrected chi connectivity index (χ1v) is 10.0. The fourth-order valence-electron chi connectivity index (χ4n) is 3.90. The highest BCUT2D eigenvalue weighted by molar-refractivity contribution is 5.64. The van der Waals surface area contributed by atoms with Crippen molar-refractivity contribution in [2.45, 2.75) is 13.8 Å². The topological polar surface area (TPSA) is 87.8 Å². The maximum absolute atomic E-state index is 5.47. The second-order valence-electron chi connectivity index (χ2n) is 7.43. The number of ether oxygens (including phenoxy) is 1. The van der Waals surface area contributed by atoms with Crippen LogP contribution in [0.4, 0.5) is 17.6 Å². The van der Waals surface area contributed by atoms with Crippen molar-refractivity contribution in [1.29, 1.82) is 0 Å². The molecule has 0 spiro atoms. The molecule has 2 fully saturated rings. The van der Waals surface area contributed by atoms with Gasteiger partial charge in [-0.25, -0.2) is 9.97 Å². The van der Waals surface area contributed by atoms with Gasteiger partial charge in [-0.2, -0.15) is 4.98 Å². The third-order valence-corrected chi connectivity index (χ3v) is 5.50. The quantitative estimate of drug-likeness (QED) is 0.636. The summed E-state index contributed by atoms with van der Waals surface area (Å²) in [7, 11) is 0. The number of piperazine rings is 1. The zero-order valence-electron chi connectivity index (χ0n) is 16.8. The highest BCUT2D eigenvalue weighted by atomic mass is 16.5. The SMILES string of the molecule is Cc1cc(N2CCOCC2)nc(N2CCN(c3nccn4c(C)nnc34)CC2)n1. The molecule has 0 aliphatic carbocycles. The van der Waals surface area contributed by atoms with Crippen molar-refractivity contribution in [2.24, 2.45) is 0 Å². The van der Waals surface area contributed by atoms with Crippen molar-refractivity contribution in [3.8, 4) is 0 Å². The van der Waals surface area contributed by atoms with Crippen molar-refractivity contribution >= 4 is 23.2 Å². The molecule has 0 bridgehead atoms. The summed E-state index contributed by atoms with van der Waals surface area (Å²) in [6.45, 7) is 10.6. The Bertz CT molecular complexity index is 1010. The van der Waals surface area contributed by atoms with Crippen LogP contribution in [0.15, 0.2) is 18.5 Å². The molecule has 152 valence electrons. The van der Waals surface area contributed by atoms with E-state index in [1.54, 1.807) is 0 Å². The first-order chi connectivity index (χ1) is 14.2. The zero-order chi connectivity index (χ0) is 19.8. The van der Waals surface area contributed by atoms with Crippen molar-refractivity contribution in [3.05, 3.63) is 30.0 Å². The molecule has 0 saturated carbocycles. The Morgan fingerprint density at radius 3 is 2.41 bits per heavy atom. The van der Waals surface area contributed by atoms with Gasteiger partial charge in [-0.1, -0.05) is 0 Å². The monoisotopic (exact) mass is 395 g/mol. The molecular weight excluding hydrogens is 370 g/mol. The summed E-state index contributed by atoms with van der Waals surface area (Å²) < 4.78 is 7.44. The number of rotatable bonds is 3. The zero-order valence-corrected chi connectivity index (χ0v) is 16.8. The van der Waals surface area contributed by atoms with Crippen LogP contribution in [0.5, 0.6) is 0 Å². The lowest BCUT2D eigenvalue weighted by Crippen LogP contribution is -2.47. The van der Waals surface area contributed by atoms with E-state index in [9.17, 15) is 0 Å². The van der Waals surface area contributed by atoms with Crippen molar-refractivity contribution in [3.63, 3.8) is 0 Å². The third-order valence-electron chi connectivity index (χ3n) is 5.50. The summed E-state index contributed by atoms with van der Waals surface area (Å²) in [5, 5.41) is 8.48. The summed E-state index contributed by atoms with van der Waals surface area (Å²) in [5.41, 5.74) is 1.80. The summed E-state index contributed by atoms with van der Waals surface area (Å²) in [4.78, 5) is 20.9. The lowest BCUT2D eigenvalue weighted by Gasteiger charge is -2.36. The first-order valence-electron chi connectivity index (χ1n) is 10.0. The highest BCUT2D eigenvalue weighted by Crippen LogP contribution is 2.23. The van der Waals surface area contributed by atoms with Gasteiger partial charge < -0.3 is 19.4 Å². The minimum Gasteiger partial charge on any atom is -0.378 e. The Labute approximate surface area is 169 Å². The number of nitrogens with zero attached hydrogens (tertiary/aromatic N) is 9. The summed E-state index contributed by atoms with van der Waals surface area (Å²) in [5.74, 6) is 3.54. The molecule has 3 aromatic heterocycles. The Hall–Kier alpha value is -3.01. The molecule has 0 atom stereocenters. The number of fused-ring (bicyclic) bond motifs is 1. The van der Waals surface area contributed by atoms with Gasteiger partial charge in [0.15, 0.2) is 5.82 Å². The predicted octanol–water partition coefficient (Wildman–Crippen LogP) is 0.694. The maximum atomic E-state index is 5.47. The number of anilines is 3. The number of hydrogen-bond donors (Lipinski definition) is 0. The fourth-order valence-corrected chi connectivity index (χ4v) is 3.90. The minimum atomic E-state index is 0.748.